The van der Waals surface area contributed by atoms with Crippen LogP contribution in [0, 0.1) is 5.92 Å². The number of nitrogens with zero attached hydrogens (tertiary/aromatic N) is 3. The summed E-state index contributed by atoms with van der Waals surface area (Å²) in [6, 6.07) is -0.676. The molecule has 1 atom stereocenters. The van der Waals surface area contributed by atoms with Gasteiger partial charge in [-0.1, -0.05) is 13.8 Å². The Labute approximate surface area is 143 Å². The van der Waals surface area contributed by atoms with Gasteiger partial charge in [-0.3, -0.25) is 4.79 Å². The van der Waals surface area contributed by atoms with Gasteiger partial charge in [0.1, 0.15) is 5.56 Å². The van der Waals surface area contributed by atoms with E-state index in [1.54, 1.807) is 13.8 Å². The molecule has 1 saturated heterocycles. The maximum atomic E-state index is 13.2. The summed E-state index contributed by atoms with van der Waals surface area (Å²) < 4.78 is 40.1. The molecule has 140 valence electrons. The van der Waals surface area contributed by atoms with Crippen molar-refractivity contribution in [1.29, 1.82) is 0 Å². The number of aromatic nitrogens is 2. The average molecular weight is 361 g/mol. The van der Waals surface area contributed by atoms with Gasteiger partial charge in [0, 0.05) is 13.0 Å². The lowest BCUT2D eigenvalue weighted by Gasteiger charge is -2.30. The maximum Gasteiger partial charge on any atom is 0.421 e. The summed E-state index contributed by atoms with van der Waals surface area (Å²) in [7, 11) is 0. The van der Waals surface area contributed by atoms with Crippen molar-refractivity contribution in [3.8, 4) is 0 Å². The monoisotopic (exact) mass is 361 g/mol. The minimum atomic E-state index is -4.85. The highest BCUT2D eigenvalue weighted by atomic mass is 19.4. The summed E-state index contributed by atoms with van der Waals surface area (Å²) in [5.74, 6) is -1.48. The number of carboxylic acids is 1. The van der Waals surface area contributed by atoms with Crippen LogP contribution in [0.4, 0.5) is 13.2 Å². The van der Waals surface area contributed by atoms with Crippen LogP contribution in [0.25, 0.3) is 0 Å². The molecule has 1 aromatic heterocycles. The van der Waals surface area contributed by atoms with Crippen molar-refractivity contribution in [3.05, 3.63) is 27.7 Å². The van der Waals surface area contributed by atoms with Crippen molar-refractivity contribution in [2.75, 3.05) is 19.6 Å². The van der Waals surface area contributed by atoms with Gasteiger partial charge in [0.05, 0.1) is 5.69 Å². The molecule has 25 heavy (non-hydrogen) atoms. The van der Waals surface area contributed by atoms with Gasteiger partial charge < -0.3 is 10.0 Å². The first kappa shape index (κ1) is 19.4. The lowest BCUT2D eigenvalue weighted by atomic mass is 10.0. The van der Waals surface area contributed by atoms with Gasteiger partial charge in [0.25, 0.3) is 5.56 Å². The highest BCUT2D eigenvalue weighted by Crippen LogP contribution is 2.27. The van der Waals surface area contributed by atoms with Crippen molar-refractivity contribution in [2.45, 2.75) is 45.3 Å². The van der Waals surface area contributed by atoms with Crippen LogP contribution in [-0.2, 0) is 17.4 Å². The Kier molecular flexibility index (Phi) is 5.87. The molecule has 6 nitrogen and oxygen atoms in total. The first-order valence-corrected chi connectivity index (χ1v) is 8.24. The second-order valence-electron chi connectivity index (χ2n) is 6.73. The molecular formula is C16H22F3N3O3. The summed E-state index contributed by atoms with van der Waals surface area (Å²) >= 11 is 0. The number of halogens is 3. The summed E-state index contributed by atoms with van der Waals surface area (Å²) in [4.78, 5) is 25.8. The van der Waals surface area contributed by atoms with Gasteiger partial charge in [-0.2, -0.15) is 18.3 Å². The van der Waals surface area contributed by atoms with E-state index in [-0.39, 0.29) is 24.5 Å². The molecule has 0 radical (unpaired) electrons. The number of carboxylic acid groups (broad SMARTS) is 1. The van der Waals surface area contributed by atoms with Gasteiger partial charge in [-0.15, -0.1) is 0 Å². The van der Waals surface area contributed by atoms with Crippen molar-refractivity contribution in [3.63, 3.8) is 0 Å². The van der Waals surface area contributed by atoms with E-state index in [0.29, 0.717) is 11.2 Å². The van der Waals surface area contributed by atoms with E-state index in [4.69, 9.17) is 0 Å². The molecule has 1 aliphatic heterocycles. The van der Waals surface area contributed by atoms with Crippen LogP contribution < -0.4 is 5.56 Å². The predicted octanol–water partition coefficient (Wildman–Crippen LogP) is 2.18. The Morgan fingerprint density at radius 1 is 1.36 bits per heavy atom. The molecule has 0 amide bonds. The Hall–Kier alpha value is -1.90. The molecule has 1 aromatic rings. The van der Waals surface area contributed by atoms with E-state index in [1.165, 1.54) is 0 Å². The molecular weight excluding hydrogens is 339 g/mol. The lowest BCUT2D eigenvalue weighted by Crippen LogP contribution is -2.40. The van der Waals surface area contributed by atoms with E-state index in [9.17, 15) is 27.9 Å². The average Bonchev–Trinajstić information content (AvgIpc) is 2.43. The smallest absolute Gasteiger partial charge is 0.421 e. The van der Waals surface area contributed by atoms with Crippen molar-refractivity contribution >= 4 is 5.97 Å². The summed E-state index contributed by atoms with van der Waals surface area (Å²) in [6.07, 6.45) is -3.54. The quantitative estimate of drug-likeness (QED) is 0.806. The highest BCUT2D eigenvalue weighted by Gasteiger charge is 2.37. The Bertz CT molecular complexity index is 681. The largest absolute Gasteiger partial charge is 0.480 e. The molecule has 0 spiro atoms. The molecule has 0 aromatic carbocycles. The normalized spacial score (nSPS) is 16.7. The third-order valence-corrected chi connectivity index (χ3v) is 4.20. The highest BCUT2D eigenvalue weighted by molar-refractivity contribution is 5.71. The number of carbonyl (C=O) groups is 1. The molecule has 0 bridgehead atoms. The molecule has 0 saturated carbocycles. The van der Waals surface area contributed by atoms with Crippen LogP contribution in [0.2, 0.25) is 0 Å². The molecule has 1 unspecified atom stereocenters. The topological polar surface area (TPSA) is 75.4 Å². The zero-order valence-corrected chi connectivity index (χ0v) is 14.2. The summed E-state index contributed by atoms with van der Waals surface area (Å²) in [5.41, 5.74) is -2.70. The molecule has 9 heteroatoms. The molecule has 2 rings (SSSR count). The van der Waals surface area contributed by atoms with Crippen molar-refractivity contribution < 1.29 is 23.1 Å². The number of aliphatic carboxylic acids is 1. The lowest BCUT2D eigenvalue weighted by molar-refractivity contribution is -0.144. The zero-order chi connectivity index (χ0) is 18.8. The molecule has 0 aliphatic carbocycles. The van der Waals surface area contributed by atoms with E-state index in [2.05, 4.69) is 10.00 Å². The number of rotatable bonds is 7. The second kappa shape index (κ2) is 7.55. The fraction of sp³-hybridized carbons (Fsp3) is 0.688. The fourth-order valence-corrected chi connectivity index (χ4v) is 2.73. The number of likely N-dealkylation sites (tertiary alicyclic amines) is 1. The van der Waals surface area contributed by atoms with E-state index in [1.807, 2.05) is 0 Å². The minimum absolute atomic E-state index is 0.0229. The zero-order valence-electron chi connectivity index (χ0n) is 14.2. The predicted molar refractivity (Wildman–Crippen MR) is 84.4 cm³/mol. The van der Waals surface area contributed by atoms with Gasteiger partial charge in [0.15, 0.2) is 6.04 Å². The first-order valence-electron chi connectivity index (χ1n) is 8.24. The van der Waals surface area contributed by atoms with Crippen LogP contribution in [0.3, 0.4) is 0 Å². The van der Waals surface area contributed by atoms with E-state index < -0.39 is 29.3 Å². The summed E-state index contributed by atoms with van der Waals surface area (Å²) in [6.45, 7) is 5.77. The number of hydrogen-bond acceptors (Lipinski definition) is 4. The van der Waals surface area contributed by atoms with Crippen LogP contribution in [0.5, 0.6) is 0 Å². The van der Waals surface area contributed by atoms with Crippen LogP contribution >= 0.6 is 0 Å². The maximum absolute atomic E-state index is 13.2. The fourth-order valence-electron chi connectivity index (χ4n) is 2.73. The number of alkyl halides is 3. The Morgan fingerprint density at radius 3 is 2.44 bits per heavy atom. The first-order chi connectivity index (χ1) is 11.6. The van der Waals surface area contributed by atoms with Crippen molar-refractivity contribution in [1.82, 2.24) is 14.7 Å². The SMILES string of the molecule is CC(C)CC(C(=O)O)n1nc(CCN2CCC2)cc(C(F)(F)F)c1=O. The molecule has 1 fully saturated rings. The third kappa shape index (κ3) is 4.81. The van der Waals surface area contributed by atoms with Gasteiger partial charge in [-0.05, 0) is 37.9 Å². The van der Waals surface area contributed by atoms with Crippen LogP contribution in [0.1, 0.15) is 44.0 Å². The third-order valence-electron chi connectivity index (χ3n) is 4.20. The van der Waals surface area contributed by atoms with E-state index >= 15 is 0 Å². The molecule has 2 heterocycles. The Balaban J connectivity index is 2.44. The van der Waals surface area contributed by atoms with Gasteiger partial charge in [-0.25, -0.2) is 9.48 Å². The van der Waals surface area contributed by atoms with Gasteiger partial charge >= 0.3 is 12.1 Å². The van der Waals surface area contributed by atoms with E-state index in [0.717, 1.165) is 25.6 Å². The van der Waals surface area contributed by atoms with Crippen molar-refractivity contribution in [2.24, 2.45) is 5.92 Å². The standard InChI is InChI=1S/C16H22F3N3O3/c1-10(2)8-13(15(24)25)22-14(23)12(16(17,18)19)9-11(20-22)4-7-21-5-3-6-21/h9-10,13H,3-8H2,1-2H3,(H,24,25). The molecule has 1 N–H and O–H groups in total. The van der Waals surface area contributed by atoms with Crippen LogP contribution in [-0.4, -0.2) is 45.4 Å². The number of hydrogen-bond donors (Lipinski definition) is 1. The Morgan fingerprint density at radius 2 is 2.00 bits per heavy atom. The van der Waals surface area contributed by atoms with Crippen LogP contribution in [0.15, 0.2) is 10.9 Å². The summed E-state index contributed by atoms with van der Waals surface area (Å²) in [5, 5.41) is 13.3. The molecule has 1 aliphatic rings. The van der Waals surface area contributed by atoms with Gasteiger partial charge in [0.2, 0.25) is 0 Å². The second-order valence-corrected chi connectivity index (χ2v) is 6.73. The minimum Gasteiger partial charge on any atom is -0.480 e.